The van der Waals surface area contributed by atoms with Crippen LogP contribution in [0.2, 0.25) is 0 Å². The number of rotatable bonds is 13. The van der Waals surface area contributed by atoms with Gasteiger partial charge < -0.3 is 19.6 Å². The van der Waals surface area contributed by atoms with E-state index in [-0.39, 0.29) is 53.7 Å². The number of likely N-dealkylation sites (tertiary alicyclic amines) is 1. The number of allylic oxidation sites excluding steroid dienone is 1. The first kappa shape index (κ1) is 27.3. The molecule has 0 saturated carbocycles. The van der Waals surface area contributed by atoms with Crippen LogP contribution >= 0.6 is 27.7 Å². The fourth-order valence-electron chi connectivity index (χ4n) is 5.88. The quantitative estimate of drug-likeness (QED) is 0.162. The molecule has 3 heterocycles. The van der Waals surface area contributed by atoms with E-state index in [4.69, 9.17) is 4.74 Å². The van der Waals surface area contributed by atoms with E-state index in [1.165, 1.54) is 4.90 Å². The summed E-state index contributed by atoms with van der Waals surface area (Å²) >= 11 is 5.33. The van der Waals surface area contributed by atoms with Crippen molar-refractivity contribution < 1.29 is 24.2 Å². The first-order chi connectivity index (χ1) is 16.3. The number of carbonyl (C=O) groups is 3. The molecule has 3 aliphatic heterocycles. The third-order valence-electron chi connectivity index (χ3n) is 7.28. The van der Waals surface area contributed by atoms with Crippen molar-refractivity contribution in [1.29, 1.82) is 0 Å². The monoisotopic (exact) mass is 556 g/mol. The average Bonchev–Trinajstić information content (AvgIpc) is 3.39. The van der Waals surface area contributed by atoms with E-state index >= 15 is 0 Å². The van der Waals surface area contributed by atoms with E-state index in [9.17, 15) is 19.5 Å². The van der Waals surface area contributed by atoms with Crippen molar-refractivity contribution >= 4 is 45.5 Å². The molecule has 3 saturated heterocycles. The Balaban J connectivity index is 1.96. The SMILES string of the molecule is C=CCCCOC(=O)[C@H]1[C@@H]2SC3(CC2Br)C(C(=O)N(CC=C)C(C)CCC)N(CCO)C(=O)[C@H]13. The molecule has 3 fully saturated rings. The van der Waals surface area contributed by atoms with Gasteiger partial charge in [-0.1, -0.05) is 41.4 Å². The lowest BCUT2D eigenvalue weighted by atomic mass is 9.71. The molecule has 3 aliphatic rings. The molecule has 0 aromatic carbocycles. The Kier molecular flexibility index (Phi) is 9.31. The second-order valence-corrected chi connectivity index (χ2v) is 12.2. The zero-order valence-electron chi connectivity index (χ0n) is 20.2. The molecule has 1 N–H and O–H groups in total. The molecule has 7 atom stereocenters. The Morgan fingerprint density at radius 2 is 2.15 bits per heavy atom. The maximum atomic E-state index is 14.1. The molecule has 4 unspecified atom stereocenters. The second-order valence-electron chi connectivity index (χ2n) is 9.43. The maximum Gasteiger partial charge on any atom is 0.310 e. The van der Waals surface area contributed by atoms with Crippen LogP contribution < -0.4 is 0 Å². The van der Waals surface area contributed by atoms with Crippen LogP contribution in [0.15, 0.2) is 25.3 Å². The number of aliphatic hydroxyl groups is 1. The minimum atomic E-state index is -0.731. The van der Waals surface area contributed by atoms with Gasteiger partial charge in [-0.15, -0.1) is 24.9 Å². The van der Waals surface area contributed by atoms with Crippen LogP contribution in [0.3, 0.4) is 0 Å². The largest absolute Gasteiger partial charge is 0.465 e. The summed E-state index contributed by atoms with van der Waals surface area (Å²) in [5.74, 6) is -1.96. The maximum absolute atomic E-state index is 14.1. The third-order valence-corrected chi connectivity index (χ3v) is 10.5. The molecule has 0 aromatic rings. The second kappa shape index (κ2) is 11.6. The van der Waals surface area contributed by atoms with Gasteiger partial charge in [0.1, 0.15) is 6.04 Å². The van der Waals surface area contributed by atoms with Crippen molar-refractivity contribution in [2.45, 2.75) is 72.9 Å². The van der Waals surface area contributed by atoms with E-state index in [1.807, 2.05) is 6.92 Å². The molecule has 9 heteroatoms. The summed E-state index contributed by atoms with van der Waals surface area (Å²) in [4.78, 5) is 44.3. The lowest BCUT2D eigenvalue weighted by molar-refractivity contribution is -0.154. The molecule has 0 aliphatic carbocycles. The Morgan fingerprint density at radius 3 is 2.76 bits per heavy atom. The highest BCUT2D eigenvalue weighted by atomic mass is 79.9. The van der Waals surface area contributed by atoms with Crippen molar-refractivity contribution in [1.82, 2.24) is 9.80 Å². The van der Waals surface area contributed by atoms with Crippen molar-refractivity contribution in [3.8, 4) is 0 Å². The number of hydrogen-bond donors (Lipinski definition) is 1. The van der Waals surface area contributed by atoms with Gasteiger partial charge in [-0.25, -0.2) is 0 Å². The minimum absolute atomic E-state index is 0.00225. The summed E-state index contributed by atoms with van der Waals surface area (Å²) in [7, 11) is 0. The third kappa shape index (κ3) is 4.72. The van der Waals surface area contributed by atoms with Crippen LogP contribution in [0.4, 0.5) is 0 Å². The van der Waals surface area contributed by atoms with E-state index < -0.39 is 22.6 Å². The number of hydrogen-bond acceptors (Lipinski definition) is 6. The van der Waals surface area contributed by atoms with Crippen molar-refractivity contribution in [3.05, 3.63) is 25.3 Å². The lowest BCUT2D eigenvalue weighted by Crippen LogP contribution is -2.57. The van der Waals surface area contributed by atoms with Crippen molar-refractivity contribution in [3.63, 3.8) is 0 Å². The highest BCUT2D eigenvalue weighted by Crippen LogP contribution is 2.68. The number of unbranched alkanes of at least 4 members (excludes halogenated alkanes) is 1. The summed E-state index contributed by atoms with van der Waals surface area (Å²) in [5, 5.41) is 9.62. The number of carbonyl (C=O) groups excluding carboxylic acids is 3. The number of thioether (sulfide) groups is 1. The number of halogens is 1. The number of aliphatic hydroxyl groups excluding tert-OH is 1. The fourth-order valence-corrected chi connectivity index (χ4v) is 9.47. The zero-order valence-corrected chi connectivity index (χ0v) is 22.6. The number of nitrogens with zero attached hydrogens (tertiary/aromatic N) is 2. The predicted octanol–water partition coefficient (Wildman–Crippen LogP) is 3.16. The predicted molar refractivity (Wildman–Crippen MR) is 138 cm³/mol. The smallest absolute Gasteiger partial charge is 0.310 e. The summed E-state index contributed by atoms with van der Waals surface area (Å²) in [6, 6.07) is -0.740. The van der Waals surface area contributed by atoms with Crippen LogP contribution in [0.5, 0.6) is 0 Å². The Bertz CT molecular complexity index is 810. The minimum Gasteiger partial charge on any atom is -0.465 e. The van der Waals surface area contributed by atoms with Gasteiger partial charge in [-0.2, -0.15) is 0 Å². The molecule has 0 aromatic heterocycles. The van der Waals surface area contributed by atoms with Crippen LogP contribution in [-0.4, -0.2) is 85.9 Å². The van der Waals surface area contributed by atoms with Crippen LogP contribution in [0.25, 0.3) is 0 Å². The average molecular weight is 558 g/mol. The molecule has 0 radical (unpaired) electrons. The highest BCUT2D eigenvalue weighted by Gasteiger charge is 2.76. The molecule has 2 amide bonds. The van der Waals surface area contributed by atoms with Crippen molar-refractivity contribution in [2.75, 3.05) is 26.3 Å². The van der Waals surface area contributed by atoms with E-state index in [1.54, 1.807) is 28.8 Å². The van der Waals surface area contributed by atoms with E-state index in [2.05, 4.69) is 36.0 Å². The molecule has 1 spiro atoms. The van der Waals surface area contributed by atoms with Gasteiger partial charge in [0.15, 0.2) is 0 Å². The zero-order chi connectivity index (χ0) is 25.0. The number of fused-ring (bicyclic) bond motifs is 1. The molecular weight excluding hydrogens is 520 g/mol. The normalized spacial score (nSPS) is 32.4. The first-order valence-electron chi connectivity index (χ1n) is 12.2. The number of amides is 2. The summed E-state index contributed by atoms with van der Waals surface area (Å²) in [6.07, 6.45) is 7.31. The van der Waals surface area contributed by atoms with Gasteiger partial charge in [0.05, 0.1) is 29.8 Å². The Hall–Kier alpha value is -1.32. The van der Waals surface area contributed by atoms with Crippen molar-refractivity contribution in [2.24, 2.45) is 11.8 Å². The molecule has 7 nitrogen and oxygen atoms in total. The topological polar surface area (TPSA) is 87.2 Å². The Labute approximate surface area is 215 Å². The summed E-state index contributed by atoms with van der Waals surface area (Å²) < 4.78 is 4.86. The Morgan fingerprint density at radius 1 is 1.41 bits per heavy atom. The van der Waals surface area contributed by atoms with Gasteiger partial charge in [-0.05, 0) is 32.6 Å². The standard InChI is InChI=1S/C25H37BrN2O5S/c1-5-8-9-14-33-24(32)18-19-22(30)28(12-13-29)21(25(19)15-17(26)20(18)34-25)23(31)27(11-7-3)16(4)10-6-2/h5,7,16-21,29H,1,3,6,8-15H2,2,4H3/t16?,17?,18-,19+,20-,21?,25?/m1/s1. The summed E-state index contributed by atoms with van der Waals surface area (Å²) in [6.45, 7) is 12.1. The molecule has 190 valence electrons. The van der Waals surface area contributed by atoms with Crippen LogP contribution in [-0.2, 0) is 19.1 Å². The van der Waals surface area contributed by atoms with Gasteiger partial charge >= 0.3 is 5.97 Å². The van der Waals surface area contributed by atoms with E-state index in [0.29, 0.717) is 19.4 Å². The summed E-state index contributed by atoms with van der Waals surface area (Å²) in [5.41, 5.74) is 0. The number of alkyl halides is 1. The van der Waals surface area contributed by atoms with E-state index in [0.717, 1.165) is 19.3 Å². The van der Waals surface area contributed by atoms with Gasteiger partial charge in [0.25, 0.3) is 0 Å². The van der Waals surface area contributed by atoms with Gasteiger partial charge in [-0.3, -0.25) is 14.4 Å². The van der Waals surface area contributed by atoms with Crippen LogP contribution in [0.1, 0.15) is 46.0 Å². The van der Waals surface area contributed by atoms with Gasteiger partial charge in [0.2, 0.25) is 11.8 Å². The number of β-amino-alcohol motifs (C(OH)–C–C–N with tert-alkyl or cyclic N) is 1. The number of esters is 1. The molecule has 2 bridgehead atoms. The van der Waals surface area contributed by atoms with Crippen LogP contribution in [0, 0.1) is 11.8 Å². The molecular formula is C25H37BrN2O5S. The van der Waals surface area contributed by atoms with Gasteiger partial charge in [0, 0.05) is 29.2 Å². The fraction of sp³-hybridized carbons (Fsp3) is 0.720. The lowest BCUT2D eigenvalue weighted by Gasteiger charge is -2.39. The number of ether oxygens (including phenoxy) is 1. The molecule has 3 rings (SSSR count). The highest BCUT2D eigenvalue weighted by molar-refractivity contribution is 9.09. The molecule has 34 heavy (non-hydrogen) atoms. The first-order valence-corrected chi connectivity index (χ1v) is 14.0.